The van der Waals surface area contributed by atoms with E-state index < -0.39 is 0 Å². The van der Waals surface area contributed by atoms with Crippen LogP contribution in [0.25, 0.3) is 0 Å². The van der Waals surface area contributed by atoms with Crippen LogP contribution >= 0.6 is 0 Å². The minimum atomic E-state index is -0.147. The standard InChI is InChI=1S/C23H36N6/c1-18-10-12-19(13-11-18)21(22-24-25-26-29(22)23(2,3)4)28-16-14-27(15-17-28)20-8-6-5-7-9-20/h10-13,20-21H,5-9,14-17H2,1-4H3. The van der Waals surface area contributed by atoms with E-state index in [-0.39, 0.29) is 11.6 Å². The zero-order chi connectivity index (χ0) is 20.4. The molecule has 1 aliphatic carbocycles. The maximum Gasteiger partial charge on any atom is 0.173 e. The second kappa shape index (κ2) is 8.52. The Morgan fingerprint density at radius 1 is 0.931 bits per heavy atom. The van der Waals surface area contributed by atoms with Crippen LogP contribution in [0.1, 0.15) is 75.9 Å². The molecule has 1 aromatic heterocycles. The lowest BCUT2D eigenvalue weighted by Gasteiger charge is -2.43. The van der Waals surface area contributed by atoms with Gasteiger partial charge < -0.3 is 0 Å². The van der Waals surface area contributed by atoms with Gasteiger partial charge in [0.15, 0.2) is 5.82 Å². The highest BCUT2D eigenvalue weighted by molar-refractivity contribution is 5.28. The summed E-state index contributed by atoms with van der Waals surface area (Å²) in [4.78, 5) is 5.31. The molecule has 1 aliphatic heterocycles. The van der Waals surface area contributed by atoms with E-state index in [2.05, 4.69) is 77.3 Å². The van der Waals surface area contributed by atoms with E-state index in [9.17, 15) is 0 Å². The third kappa shape index (κ3) is 4.53. The molecule has 1 aromatic carbocycles. The van der Waals surface area contributed by atoms with Crippen LogP contribution < -0.4 is 0 Å². The van der Waals surface area contributed by atoms with Crippen molar-refractivity contribution in [3.8, 4) is 0 Å². The molecule has 6 nitrogen and oxygen atoms in total. The van der Waals surface area contributed by atoms with Crippen LogP contribution in [0.2, 0.25) is 0 Å². The number of aromatic nitrogens is 4. The van der Waals surface area contributed by atoms with Gasteiger partial charge in [-0.2, -0.15) is 0 Å². The first-order chi connectivity index (χ1) is 13.9. The van der Waals surface area contributed by atoms with Gasteiger partial charge in [0, 0.05) is 32.2 Å². The van der Waals surface area contributed by atoms with Gasteiger partial charge in [-0.1, -0.05) is 49.1 Å². The van der Waals surface area contributed by atoms with Gasteiger partial charge in [-0.15, -0.1) is 5.10 Å². The smallest absolute Gasteiger partial charge is 0.173 e. The van der Waals surface area contributed by atoms with Crippen molar-refractivity contribution in [1.82, 2.24) is 30.0 Å². The number of nitrogens with zero attached hydrogens (tertiary/aromatic N) is 6. The van der Waals surface area contributed by atoms with E-state index in [0.29, 0.717) is 0 Å². The quantitative estimate of drug-likeness (QED) is 0.787. The minimum Gasteiger partial charge on any atom is -0.298 e. The van der Waals surface area contributed by atoms with Crippen molar-refractivity contribution in [2.24, 2.45) is 0 Å². The summed E-state index contributed by atoms with van der Waals surface area (Å²) < 4.78 is 2.00. The second-order valence-corrected chi connectivity index (χ2v) is 9.80. The third-order valence-corrected chi connectivity index (χ3v) is 6.57. The third-order valence-electron chi connectivity index (χ3n) is 6.57. The number of aryl methyl sites for hydroxylation is 1. The van der Waals surface area contributed by atoms with Crippen molar-refractivity contribution < 1.29 is 0 Å². The molecule has 0 spiro atoms. The first-order valence-electron chi connectivity index (χ1n) is 11.3. The maximum absolute atomic E-state index is 4.51. The Bertz CT molecular complexity index is 776. The average molecular weight is 397 g/mol. The summed E-state index contributed by atoms with van der Waals surface area (Å²) >= 11 is 0. The van der Waals surface area contributed by atoms with Crippen molar-refractivity contribution in [1.29, 1.82) is 0 Å². The molecular weight excluding hydrogens is 360 g/mol. The summed E-state index contributed by atoms with van der Waals surface area (Å²) in [7, 11) is 0. The van der Waals surface area contributed by atoms with Crippen LogP contribution in [0, 0.1) is 6.92 Å². The van der Waals surface area contributed by atoms with Gasteiger partial charge in [-0.3, -0.25) is 9.80 Å². The summed E-state index contributed by atoms with van der Waals surface area (Å²) in [6.45, 7) is 13.0. The first-order valence-corrected chi connectivity index (χ1v) is 11.3. The van der Waals surface area contributed by atoms with Crippen molar-refractivity contribution >= 4 is 0 Å². The average Bonchev–Trinajstić information content (AvgIpc) is 3.21. The summed E-state index contributed by atoms with van der Waals surface area (Å²) in [6, 6.07) is 9.78. The molecule has 0 amide bonds. The Kier molecular flexibility index (Phi) is 6.02. The van der Waals surface area contributed by atoms with E-state index >= 15 is 0 Å². The molecule has 2 heterocycles. The summed E-state index contributed by atoms with van der Waals surface area (Å²) in [5.74, 6) is 0.951. The van der Waals surface area contributed by atoms with E-state index in [0.717, 1.165) is 38.0 Å². The Morgan fingerprint density at radius 2 is 1.59 bits per heavy atom. The molecule has 2 aliphatic rings. The predicted octanol–water partition coefficient (Wildman–Crippen LogP) is 3.78. The lowest BCUT2D eigenvalue weighted by atomic mass is 9.93. The van der Waals surface area contributed by atoms with Gasteiger partial charge in [0.2, 0.25) is 0 Å². The van der Waals surface area contributed by atoms with E-state index in [1.54, 1.807) is 0 Å². The second-order valence-electron chi connectivity index (χ2n) is 9.80. The van der Waals surface area contributed by atoms with Crippen LogP contribution in [0.4, 0.5) is 0 Å². The van der Waals surface area contributed by atoms with E-state index in [4.69, 9.17) is 0 Å². The van der Waals surface area contributed by atoms with Gasteiger partial charge in [0.1, 0.15) is 0 Å². The topological polar surface area (TPSA) is 50.1 Å². The molecule has 2 aromatic rings. The van der Waals surface area contributed by atoms with E-state index in [1.807, 2.05) is 4.68 Å². The molecule has 4 rings (SSSR count). The Morgan fingerprint density at radius 3 is 2.21 bits per heavy atom. The predicted molar refractivity (Wildman–Crippen MR) is 116 cm³/mol. The fourth-order valence-corrected chi connectivity index (χ4v) is 4.92. The number of piperazine rings is 1. The van der Waals surface area contributed by atoms with Gasteiger partial charge in [0.05, 0.1) is 11.6 Å². The fourth-order valence-electron chi connectivity index (χ4n) is 4.92. The zero-order valence-electron chi connectivity index (χ0n) is 18.5. The largest absolute Gasteiger partial charge is 0.298 e. The van der Waals surface area contributed by atoms with Crippen molar-refractivity contribution in [3.05, 3.63) is 41.2 Å². The van der Waals surface area contributed by atoms with Crippen LogP contribution in [0.3, 0.4) is 0 Å². The molecule has 1 saturated carbocycles. The van der Waals surface area contributed by atoms with Crippen LogP contribution in [-0.2, 0) is 5.54 Å². The Balaban J connectivity index is 1.58. The molecule has 29 heavy (non-hydrogen) atoms. The van der Waals surface area contributed by atoms with Crippen molar-refractivity contribution in [3.63, 3.8) is 0 Å². The monoisotopic (exact) mass is 396 g/mol. The molecule has 6 heteroatoms. The van der Waals surface area contributed by atoms with Crippen LogP contribution in [-0.4, -0.2) is 62.2 Å². The maximum atomic E-state index is 4.51. The Labute approximate surface area is 175 Å². The molecule has 2 fully saturated rings. The molecular formula is C23H36N6. The van der Waals surface area contributed by atoms with Crippen molar-refractivity contribution in [2.75, 3.05) is 26.2 Å². The zero-order valence-corrected chi connectivity index (χ0v) is 18.5. The molecule has 1 unspecified atom stereocenters. The first kappa shape index (κ1) is 20.5. The number of tetrazole rings is 1. The number of hydrogen-bond acceptors (Lipinski definition) is 5. The SMILES string of the molecule is Cc1ccc(C(c2nnnn2C(C)(C)C)N2CCN(C3CCCCC3)CC2)cc1. The van der Waals surface area contributed by atoms with Gasteiger partial charge in [-0.05, 0) is 56.5 Å². The van der Waals surface area contributed by atoms with Gasteiger partial charge >= 0.3 is 0 Å². The highest BCUT2D eigenvalue weighted by Gasteiger charge is 2.34. The minimum absolute atomic E-state index is 0.0957. The molecule has 1 saturated heterocycles. The van der Waals surface area contributed by atoms with Gasteiger partial charge in [-0.25, -0.2) is 4.68 Å². The normalized spacial score (nSPS) is 21.4. The molecule has 158 valence electrons. The summed E-state index contributed by atoms with van der Waals surface area (Å²) in [5, 5.41) is 12.9. The van der Waals surface area contributed by atoms with E-state index in [1.165, 1.54) is 43.2 Å². The van der Waals surface area contributed by atoms with Crippen LogP contribution in [0.15, 0.2) is 24.3 Å². The number of hydrogen-bond donors (Lipinski definition) is 0. The molecule has 0 radical (unpaired) electrons. The summed E-state index contributed by atoms with van der Waals surface area (Å²) in [6.07, 6.45) is 6.98. The van der Waals surface area contributed by atoms with Crippen molar-refractivity contribution in [2.45, 2.75) is 77.4 Å². The lowest BCUT2D eigenvalue weighted by Crippen LogP contribution is -2.52. The highest BCUT2D eigenvalue weighted by Crippen LogP contribution is 2.32. The lowest BCUT2D eigenvalue weighted by molar-refractivity contribution is 0.0609. The number of rotatable bonds is 4. The molecule has 0 bridgehead atoms. The summed E-state index contributed by atoms with van der Waals surface area (Å²) in [5.41, 5.74) is 2.41. The fraction of sp³-hybridized carbons (Fsp3) is 0.696. The molecule has 1 atom stereocenters. The molecule has 0 N–H and O–H groups in total. The van der Waals surface area contributed by atoms with Crippen LogP contribution in [0.5, 0.6) is 0 Å². The van der Waals surface area contributed by atoms with Gasteiger partial charge in [0.25, 0.3) is 0 Å². The number of benzene rings is 1. The highest BCUT2D eigenvalue weighted by atomic mass is 15.6. The Hall–Kier alpha value is -1.79.